The number of carboxylic acid groups (broad SMARTS) is 1. The first-order valence-electron chi connectivity index (χ1n) is 12.4. The van der Waals surface area contributed by atoms with Crippen LogP contribution in [-0.2, 0) is 23.2 Å². The number of amides is 1. The van der Waals surface area contributed by atoms with Gasteiger partial charge in [0.05, 0.1) is 23.4 Å². The molecule has 2 aromatic heterocycles. The standard InChI is InChI=1S/C25H33N5O5/c1-14-22(35-17-9-16-10-18(16)19(11-17)24(31)32)8-7-20(26-14)23-21(30(3)28-27-23)13-34-25(33)29(2)12-15-5-4-6-15/h7-8,15-19H,4-6,9-13H2,1-3H3,(H,31,32)/t16?,17-,18+,19-/m0/s1. The van der Waals surface area contributed by atoms with E-state index in [1.165, 1.54) is 19.3 Å². The number of nitrogens with zero attached hydrogens (tertiary/aromatic N) is 5. The smallest absolute Gasteiger partial charge is 0.409 e. The number of fused-ring (bicyclic) bond motifs is 1. The van der Waals surface area contributed by atoms with Gasteiger partial charge in [0.1, 0.15) is 23.7 Å². The maximum Gasteiger partial charge on any atom is 0.409 e. The number of ether oxygens (including phenoxy) is 2. The summed E-state index contributed by atoms with van der Waals surface area (Å²) in [7, 11) is 3.52. The first-order valence-corrected chi connectivity index (χ1v) is 12.4. The van der Waals surface area contributed by atoms with Crippen molar-refractivity contribution >= 4 is 12.1 Å². The van der Waals surface area contributed by atoms with Crippen LogP contribution in [0.15, 0.2) is 12.1 Å². The van der Waals surface area contributed by atoms with E-state index in [0.29, 0.717) is 59.2 Å². The number of carboxylic acids is 1. The molecule has 10 heteroatoms. The molecule has 1 unspecified atom stereocenters. The van der Waals surface area contributed by atoms with Crippen LogP contribution in [-0.4, -0.2) is 61.7 Å². The average molecular weight is 484 g/mol. The Morgan fingerprint density at radius 2 is 2.03 bits per heavy atom. The van der Waals surface area contributed by atoms with Crippen molar-refractivity contribution < 1.29 is 24.2 Å². The van der Waals surface area contributed by atoms with E-state index in [9.17, 15) is 14.7 Å². The average Bonchev–Trinajstić information content (AvgIpc) is 3.49. The molecule has 5 rings (SSSR count). The highest BCUT2D eigenvalue weighted by Gasteiger charge is 2.52. The van der Waals surface area contributed by atoms with Crippen LogP contribution in [0.25, 0.3) is 11.4 Å². The molecule has 0 spiro atoms. The number of rotatable bonds is 8. The molecule has 1 N–H and O–H groups in total. The zero-order valence-corrected chi connectivity index (χ0v) is 20.5. The van der Waals surface area contributed by atoms with E-state index >= 15 is 0 Å². The number of hydrogen-bond acceptors (Lipinski definition) is 7. The molecule has 0 saturated heterocycles. The van der Waals surface area contributed by atoms with Crippen LogP contribution in [0.2, 0.25) is 0 Å². The predicted molar refractivity (Wildman–Crippen MR) is 125 cm³/mol. The minimum Gasteiger partial charge on any atom is -0.488 e. The zero-order valence-electron chi connectivity index (χ0n) is 20.5. The second-order valence-electron chi connectivity index (χ2n) is 10.3. The van der Waals surface area contributed by atoms with Gasteiger partial charge in [0.2, 0.25) is 0 Å². The Kier molecular flexibility index (Phi) is 6.37. The van der Waals surface area contributed by atoms with Crippen molar-refractivity contribution in [1.29, 1.82) is 0 Å². The lowest BCUT2D eigenvalue weighted by atomic mass is 9.85. The molecule has 1 amide bonds. The molecule has 2 aromatic rings. The Morgan fingerprint density at radius 3 is 2.71 bits per heavy atom. The Hall–Kier alpha value is -3.17. The monoisotopic (exact) mass is 483 g/mol. The Bertz CT molecular complexity index is 1110. The van der Waals surface area contributed by atoms with Crippen molar-refractivity contribution in [3.05, 3.63) is 23.5 Å². The van der Waals surface area contributed by atoms with Crippen LogP contribution in [0.4, 0.5) is 4.79 Å². The number of aromatic nitrogens is 4. The summed E-state index contributed by atoms with van der Waals surface area (Å²) in [6, 6.07) is 3.67. The summed E-state index contributed by atoms with van der Waals surface area (Å²) >= 11 is 0. The SMILES string of the molecule is Cc1nc(-c2nnn(C)c2COC(=O)N(C)CC2CCC2)ccc1O[C@H]1CC2C[C@H]2[C@@H](C(=O)O)C1. The fourth-order valence-electron chi connectivity index (χ4n) is 5.41. The van der Waals surface area contributed by atoms with Crippen LogP contribution < -0.4 is 4.74 Å². The summed E-state index contributed by atoms with van der Waals surface area (Å²) in [6.07, 6.45) is 5.51. The number of carbonyl (C=O) groups excluding carboxylic acids is 1. The third-order valence-electron chi connectivity index (χ3n) is 7.81. The summed E-state index contributed by atoms with van der Waals surface area (Å²) in [4.78, 5) is 30.3. The predicted octanol–water partition coefficient (Wildman–Crippen LogP) is 3.43. The van der Waals surface area contributed by atoms with Crippen molar-refractivity contribution in [1.82, 2.24) is 24.9 Å². The minimum absolute atomic E-state index is 0.0485. The molecule has 10 nitrogen and oxygen atoms in total. The van der Waals surface area contributed by atoms with Crippen molar-refractivity contribution in [2.24, 2.45) is 30.7 Å². The molecule has 3 saturated carbocycles. The first kappa shape index (κ1) is 23.6. The molecule has 0 radical (unpaired) electrons. The summed E-state index contributed by atoms with van der Waals surface area (Å²) in [6.45, 7) is 2.63. The lowest BCUT2D eigenvalue weighted by molar-refractivity contribution is -0.144. The molecule has 3 aliphatic carbocycles. The van der Waals surface area contributed by atoms with Crippen LogP contribution in [0, 0.1) is 30.6 Å². The van der Waals surface area contributed by atoms with E-state index in [1.54, 1.807) is 23.7 Å². The topological polar surface area (TPSA) is 120 Å². The van der Waals surface area contributed by atoms with Gasteiger partial charge in [-0.2, -0.15) is 0 Å². The van der Waals surface area contributed by atoms with Crippen LogP contribution in [0.5, 0.6) is 5.75 Å². The Labute approximate surface area is 204 Å². The van der Waals surface area contributed by atoms with Crippen molar-refractivity contribution in [3.8, 4) is 17.1 Å². The third kappa shape index (κ3) is 4.97. The number of aliphatic carboxylic acids is 1. The van der Waals surface area contributed by atoms with E-state index in [-0.39, 0.29) is 24.7 Å². The first-order chi connectivity index (χ1) is 16.8. The lowest BCUT2D eigenvalue weighted by Crippen LogP contribution is -2.34. The molecule has 188 valence electrons. The largest absolute Gasteiger partial charge is 0.488 e. The normalized spacial score (nSPS) is 25.3. The second kappa shape index (κ2) is 9.47. The molecule has 3 fully saturated rings. The maximum absolute atomic E-state index is 12.4. The van der Waals surface area contributed by atoms with Gasteiger partial charge < -0.3 is 19.5 Å². The van der Waals surface area contributed by atoms with Crippen LogP contribution in [0.1, 0.15) is 49.9 Å². The van der Waals surface area contributed by atoms with E-state index in [2.05, 4.69) is 15.3 Å². The highest BCUT2D eigenvalue weighted by Crippen LogP contribution is 2.53. The molecule has 35 heavy (non-hydrogen) atoms. The van der Waals surface area contributed by atoms with Gasteiger partial charge in [0.15, 0.2) is 0 Å². The van der Waals surface area contributed by atoms with E-state index in [0.717, 1.165) is 12.8 Å². The zero-order chi connectivity index (χ0) is 24.7. The van der Waals surface area contributed by atoms with Gasteiger partial charge >= 0.3 is 12.1 Å². The Morgan fingerprint density at radius 1 is 1.23 bits per heavy atom. The van der Waals surface area contributed by atoms with Gasteiger partial charge in [-0.1, -0.05) is 11.6 Å². The molecule has 2 heterocycles. The molecule has 3 aliphatic rings. The summed E-state index contributed by atoms with van der Waals surface area (Å²) in [5, 5.41) is 17.9. The van der Waals surface area contributed by atoms with E-state index in [4.69, 9.17) is 9.47 Å². The van der Waals surface area contributed by atoms with Crippen molar-refractivity contribution in [2.45, 2.75) is 58.2 Å². The summed E-state index contributed by atoms with van der Waals surface area (Å²) < 4.78 is 13.3. The molecule has 4 atom stereocenters. The molecule has 0 aliphatic heterocycles. The van der Waals surface area contributed by atoms with Crippen molar-refractivity contribution in [3.63, 3.8) is 0 Å². The molecule has 0 aromatic carbocycles. The highest BCUT2D eigenvalue weighted by molar-refractivity contribution is 5.71. The van der Waals surface area contributed by atoms with Gasteiger partial charge in [-0.25, -0.2) is 14.5 Å². The van der Waals surface area contributed by atoms with Crippen LogP contribution >= 0.6 is 0 Å². The third-order valence-corrected chi connectivity index (χ3v) is 7.81. The number of carbonyl (C=O) groups is 2. The number of hydrogen-bond donors (Lipinski definition) is 1. The van der Waals surface area contributed by atoms with Gasteiger partial charge in [-0.3, -0.25) is 4.79 Å². The van der Waals surface area contributed by atoms with E-state index in [1.807, 2.05) is 19.1 Å². The fraction of sp³-hybridized carbons (Fsp3) is 0.640. The summed E-state index contributed by atoms with van der Waals surface area (Å²) in [5.41, 5.74) is 2.53. The number of pyridine rings is 1. The fourth-order valence-corrected chi connectivity index (χ4v) is 5.41. The lowest BCUT2D eigenvalue weighted by Gasteiger charge is -2.29. The summed E-state index contributed by atoms with van der Waals surface area (Å²) in [5.74, 6) is 0.960. The highest BCUT2D eigenvalue weighted by atomic mass is 16.6. The molecular formula is C25H33N5O5. The van der Waals surface area contributed by atoms with Gasteiger partial charge in [0.25, 0.3) is 0 Å². The van der Waals surface area contributed by atoms with Crippen LogP contribution in [0.3, 0.4) is 0 Å². The van der Waals surface area contributed by atoms with Gasteiger partial charge in [-0.05, 0) is 68.9 Å². The minimum atomic E-state index is -0.721. The van der Waals surface area contributed by atoms with E-state index < -0.39 is 5.97 Å². The quantitative estimate of drug-likeness (QED) is 0.606. The Balaban J connectivity index is 1.24. The second-order valence-corrected chi connectivity index (χ2v) is 10.3. The molecular weight excluding hydrogens is 450 g/mol. The maximum atomic E-state index is 12.4. The van der Waals surface area contributed by atoms with Gasteiger partial charge in [-0.15, -0.1) is 5.10 Å². The number of aryl methyl sites for hydroxylation is 2. The van der Waals surface area contributed by atoms with Crippen molar-refractivity contribution in [2.75, 3.05) is 13.6 Å². The molecule has 0 bridgehead atoms. The van der Waals surface area contributed by atoms with Gasteiger partial charge in [0, 0.05) is 20.6 Å².